The molecular weight excluding hydrogens is 320 g/mol. The molecular formula is C19H18N2O4. The summed E-state index contributed by atoms with van der Waals surface area (Å²) < 4.78 is 12.1. The minimum atomic E-state index is -0.346. The first-order valence-corrected chi connectivity index (χ1v) is 7.79. The number of aromatic nitrogens is 1. The zero-order chi connectivity index (χ0) is 17.6. The number of carbonyl (C=O) groups excluding carboxylic acids is 1. The van der Waals surface area contributed by atoms with Crippen molar-refractivity contribution in [2.75, 3.05) is 12.4 Å². The molecule has 0 aliphatic rings. The molecule has 0 aliphatic heterocycles. The lowest BCUT2D eigenvalue weighted by Crippen LogP contribution is -2.18. The van der Waals surface area contributed by atoms with Crippen molar-refractivity contribution in [2.45, 2.75) is 13.2 Å². The van der Waals surface area contributed by atoms with Crippen molar-refractivity contribution in [2.24, 2.45) is 0 Å². The fourth-order valence-electron chi connectivity index (χ4n) is 2.44. The van der Waals surface area contributed by atoms with Gasteiger partial charge in [-0.25, -0.2) is 0 Å². The number of nitrogens with zero attached hydrogens (tertiary/aromatic N) is 1. The second-order valence-electron chi connectivity index (χ2n) is 5.52. The van der Waals surface area contributed by atoms with Gasteiger partial charge in [-0.1, -0.05) is 18.2 Å². The molecule has 1 aromatic carbocycles. The molecule has 0 bridgehead atoms. The van der Waals surface area contributed by atoms with Crippen molar-refractivity contribution in [3.8, 4) is 0 Å². The van der Waals surface area contributed by atoms with E-state index in [1.165, 1.54) is 10.6 Å². The van der Waals surface area contributed by atoms with Crippen LogP contribution in [0.5, 0.6) is 0 Å². The van der Waals surface area contributed by atoms with Gasteiger partial charge in [0.2, 0.25) is 0 Å². The van der Waals surface area contributed by atoms with E-state index in [0.717, 1.165) is 5.56 Å². The molecule has 2 aromatic heterocycles. The Kier molecular flexibility index (Phi) is 5.11. The van der Waals surface area contributed by atoms with Crippen LogP contribution in [-0.2, 0) is 17.9 Å². The van der Waals surface area contributed by atoms with Crippen LogP contribution in [0.25, 0.3) is 0 Å². The smallest absolute Gasteiger partial charge is 0.291 e. The third kappa shape index (κ3) is 4.24. The van der Waals surface area contributed by atoms with Gasteiger partial charge in [0.1, 0.15) is 5.76 Å². The Morgan fingerprint density at radius 1 is 1.16 bits per heavy atom. The number of amides is 1. The molecule has 3 aromatic rings. The van der Waals surface area contributed by atoms with Crippen molar-refractivity contribution in [1.29, 1.82) is 0 Å². The van der Waals surface area contributed by atoms with Gasteiger partial charge in [-0.15, -0.1) is 0 Å². The highest BCUT2D eigenvalue weighted by molar-refractivity contribution is 6.02. The summed E-state index contributed by atoms with van der Waals surface area (Å²) in [6.45, 7) is 0.747. The summed E-state index contributed by atoms with van der Waals surface area (Å²) >= 11 is 0. The van der Waals surface area contributed by atoms with E-state index in [9.17, 15) is 9.59 Å². The SMILES string of the molecule is COCc1cccc(NC(=O)c2ccc(Cn3ccccc3=O)o2)c1. The predicted octanol–water partition coefficient (Wildman–Crippen LogP) is 2.89. The Hall–Kier alpha value is -3.12. The van der Waals surface area contributed by atoms with E-state index >= 15 is 0 Å². The summed E-state index contributed by atoms with van der Waals surface area (Å²) in [6, 6.07) is 15.6. The monoisotopic (exact) mass is 338 g/mol. The number of benzene rings is 1. The molecule has 25 heavy (non-hydrogen) atoms. The average molecular weight is 338 g/mol. The minimum Gasteiger partial charge on any atom is -0.454 e. The highest BCUT2D eigenvalue weighted by Gasteiger charge is 2.12. The van der Waals surface area contributed by atoms with Gasteiger partial charge in [-0.05, 0) is 35.9 Å². The van der Waals surface area contributed by atoms with Crippen LogP contribution in [0.3, 0.4) is 0 Å². The molecule has 1 amide bonds. The fraction of sp³-hybridized carbons (Fsp3) is 0.158. The summed E-state index contributed by atoms with van der Waals surface area (Å²) in [5.41, 5.74) is 1.50. The highest BCUT2D eigenvalue weighted by Crippen LogP contribution is 2.15. The number of hydrogen-bond donors (Lipinski definition) is 1. The fourth-order valence-corrected chi connectivity index (χ4v) is 2.44. The van der Waals surface area contributed by atoms with Crippen molar-refractivity contribution in [3.05, 3.63) is 88.2 Å². The molecule has 1 N–H and O–H groups in total. The molecule has 3 rings (SSSR count). The molecule has 0 aliphatic carbocycles. The van der Waals surface area contributed by atoms with Crippen LogP contribution in [0.1, 0.15) is 21.9 Å². The largest absolute Gasteiger partial charge is 0.454 e. The molecule has 0 spiro atoms. The number of nitrogens with one attached hydrogen (secondary N) is 1. The zero-order valence-electron chi connectivity index (χ0n) is 13.8. The lowest BCUT2D eigenvalue weighted by molar-refractivity contribution is 0.0994. The van der Waals surface area contributed by atoms with Gasteiger partial charge in [-0.2, -0.15) is 0 Å². The van der Waals surface area contributed by atoms with Gasteiger partial charge in [0, 0.05) is 25.1 Å². The van der Waals surface area contributed by atoms with E-state index < -0.39 is 0 Å². The van der Waals surface area contributed by atoms with E-state index in [1.807, 2.05) is 18.2 Å². The van der Waals surface area contributed by atoms with E-state index in [2.05, 4.69) is 5.32 Å². The maximum atomic E-state index is 12.3. The van der Waals surface area contributed by atoms with Crippen molar-refractivity contribution < 1.29 is 13.9 Å². The Morgan fingerprint density at radius 3 is 2.84 bits per heavy atom. The summed E-state index contributed by atoms with van der Waals surface area (Å²) in [7, 11) is 1.62. The van der Waals surface area contributed by atoms with E-state index in [4.69, 9.17) is 9.15 Å². The summed E-state index contributed by atoms with van der Waals surface area (Å²) in [5.74, 6) is 0.379. The van der Waals surface area contributed by atoms with Crippen molar-refractivity contribution in [1.82, 2.24) is 4.57 Å². The quantitative estimate of drug-likeness (QED) is 0.750. The van der Waals surface area contributed by atoms with Crippen LogP contribution in [0.15, 0.2) is 70.0 Å². The Balaban J connectivity index is 1.69. The Morgan fingerprint density at radius 2 is 2.04 bits per heavy atom. The molecule has 0 unspecified atom stereocenters. The number of carbonyl (C=O) groups is 1. The molecule has 2 heterocycles. The molecule has 0 atom stereocenters. The number of pyridine rings is 1. The summed E-state index contributed by atoms with van der Waals surface area (Å²) in [6.07, 6.45) is 1.67. The third-order valence-electron chi connectivity index (χ3n) is 3.61. The lowest BCUT2D eigenvalue weighted by atomic mass is 10.2. The van der Waals surface area contributed by atoms with Gasteiger partial charge in [0.15, 0.2) is 5.76 Å². The average Bonchev–Trinajstić information content (AvgIpc) is 3.06. The number of anilines is 1. The first-order valence-electron chi connectivity index (χ1n) is 7.79. The van der Waals surface area contributed by atoms with E-state index in [-0.39, 0.29) is 23.8 Å². The summed E-state index contributed by atoms with van der Waals surface area (Å²) in [5, 5.41) is 2.79. The van der Waals surface area contributed by atoms with Gasteiger partial charge in [0.25, 0.3) is 11.5 Å². The van der Waals surface area contributed by atoms with Gasteiger partial charge in [0.05, 0.1) is 13.2 Å². The molecule has 0 radical (unpaired) electrons. The van der Waals surface area contributed by atoms with E-state index in [1.54, 1.807) is 43.6 Å². The van der Waals surface area contributed by atoms with Crippen molar-refractivity contribution >= 4 is 11.6 Å². The van der Waals surface area contributed by atoms with Crippen LogP contribution in [0.4, 0.5) is 5.69 Å². The Labute approximate surface area is 144 Å². The van der Waals surface area contributed by atoms with Crippen LogP contribution >= 0.6 is 0 Å². The number of ether oxygens (including phenoxy) is 1. The maximum absolute atomic E-state index is 12.3. The van der Waals surface area contributed by atoms with Crippen LogP contribution in [0, 0.1) is 0 Å². The van der Waals surface area contributed by atoms with Gasteiger partial charge < -0.3 is 19.0 Å². The topological polar surface area (TPSA) is 73.5 Å². The number of hydrogen-bond acceptors (Lipinski definition) is 4. The predicted molar refractivity (Wildman–Crippen MR) is 93.6 cm³/mol. The second kappa shape index (κ2) is 7.63. The first-order chi connectivity index (χ1) is 12.2. The molecule has 0 saturated heterocycles. The molecule has 6 heteroatoms. The van der Waals surface area contributed by atoms with Crippen LogP contribution < -0.4 is 10.9 Å². The minimum absolute atomic E-state index is 0.125. The molecule has 0 fully saturated rings. The summed E-state index contributed by atoms with van der Waals surface area (Å²) in [4.78, 5) is 24.0. The second-order valence-corrected chi connectivity index (χ2v) is 5.52. The first kappa shape index (κ1) is 16.7. The number of furan rings is 1. The van der Waals surface area contributed by atoms with Crippen molar-refractivity contribution in [3.63, 3.8) is 0 Å². The molecule has 0 saturated carbocycles. The van der Waals surface area contributed by atoms with Crippen LogP contribution in [-0.4, -0.2) is 17.6 Å². The van der Waals surface area contributed by atoms with Gasteiger partial charge in [-0.3, -0.25) is 9.59 Å². The zero-order valence-corrected chi connectivity index (χ0v) is 13.8. The Bertz CT molecular complexity index is 927. The van der Waals surface area contributed by atoms with Gasteiger partial charge >= 0.3 is 0 Å². The maximum Gasteiger partial charge on any atom is 0.291 e. The number of methoxy groups -OCH3 is 1. The lowest BCUT2D eigenvalue weighted by Gasteiger charge is -2.06. The molecule has 6 nitrogen and oxygen atoms in total. The molecule has 128 valence electrons. The highest BCUT2D eigenvalue weighted by atomic mass is 16.5. The number of rotatable bonds is 6. The standard InChI is InChI=1S/C19H18N2O4/c1-24-13-14-5-4-6-15(11-14)20-19(23)17-9-8-16(25-17)12-21-10-3-2-7-18(21)22/h2-11H,12-13H2,1H3,(H,20,23). The normalized spacial score (nSPS) is 10.6. The van der Waals surface area contributed by atoms with E-state index in [0.29, 0.717) is 18.1 Å². The third-order valence-corrected chi connectivity index (χ3v) is 3.61. The van der Waals surface area contributed by atoms with Crippen LogP contribution in [0.2, 0.25) is 0 Å².